The van der Waals surface area contributed by atoms with Gasteiger partial charge in [0.15, 0.2) is 0 Å². The molecule has 5 heteroatoms. The topological polar surface area (TPSA) is 74.0 Å². The minimum absolute atomic E-state index is 0.460. The summed E-state index contributed by atoms with van der Waals surface area (Å²) in [6, 6.07) is 0. The van der Waals surface area contributed by atoms with Crippen molar-refractivity contribution in [2.24, 2.45) is 15.9 Å². The van der Waals surface area contributed by atoms with Crippen molar-refractivity contribution >= 4 is 17.6 Å². The zero-order valence-electron chi connectivity index (χ0n) is 7.90. The Bertz CT molecular complexity index is 265. The highest BCUT2D eigenvalue weighted by atomic mass is 16.5. The van der Waals surface area contributed by atoms with Crippen LogP contribution >= 0.6 is 0 Å². The van der Waals surface area contributed by atoms with Crippen LogP contribution < -0.4 is 5.48 Å². The van der Waals surface area contributed by atoms with Gasteiger partial charge in [-0.3, -0.25) is 15.0 Å². The Balaban J connectivity index is 4.27. The van der Waals surface area contributed by atoms with Crippen LogP contribution in [-0.4, -0.2) is 29.9 Å². The highest BCUT2D eigenvalue weighted by molar-refractivity contribution is 5.87. The first-order chi connectivity index (χ1) is 6.11. The second-order valence-corrected chi connectivity index (χ2v) is 2.44. The van der Waals surface area contributed by atoms with E-state index in [1.165, 1.54) is 11.6 Å². The van der Waals surface area contributed by atoms with Gasteiger partial charge < -0.3 is 0 Å². The van der Waals surface area contributed by atoms with Crippen molar-refractivity contribution in [3.63, 3.8) is 0 Å². The van der Waals surface area contributed by atoms with Crippen LogP contribution in [0.5, 0.6) is 0 Å². The molecule has 2 N–H and O–H groups in total. The Morgan fingerprint density at radius 3 is 2.77 bits per heavy atom. The van der Waals surface area contributed by atoms with Crippen molar-refractivity contribution in [2.45, 2.75) is 13.8 Å². The number of amides is 1. The minimum Gasteiger partial charge on any atom is -0.289 e. The van der Waals surface area contributed by atoms with E-state index in [9.17, 15) is 4.79 Å². The molecule has 0 bridgehead atoms. The lowest BCUT2D eigenvalue weighted by Crippen LogP contribution is -2.24. The maximum atomic E-state index is 10.8. The van der Waals surface area contributed by atoms with Crippen molar-refractivity contribution in [1.29, 1.82) is 0 Å². The first-order valence-electron chi connectivity index (χ1n) is 3.78. The van der Waals surface area contributed by atoms with Gasteiger partial charge in [0.2, 0.25) is 0 Å². The maximum absolute atomic E-state index is 10.8. The fourth-order valence-electron chi connectivity index (χ4n) is 0.470. The van der Waals surface area contributed by atoms with Gasteiger partial charge in [-0.25, -0.2) is 5.48 Å². The predicted molar refractivity (Wildman–Crippen MR) is 50.1 cm³/mol. The zero-order chi connectivity index (χ0) is 10.3. The van der Waals surface area contributed by atoms with E-state index in [0.29, 0.717) is 5.84 Å². The normalized spacial score (nSPS) is 12.8. The van der Waals surface area contributed by atoms with Gasteiger partial charge in [-0.05, 0) is 25.8 Å². The molecular formula is C8H13N3O2. The van der Waals surface area contributed by atoms with E-state index >= 15 is 0 Å². The molecule has 5 nitrogen and oxygen atoms in total. The maximum Gasteiger partial charge on any atom is 0.250 e. The lowest BCUT2D eigenvalue weighted by molar-refractivity contribution is -0.131. The average Bonchev–Trinajstić information content (AvgIpc) is 2.15. The molecule has 0 aromatic carbocycles. The number of nitrogens with zero attached hydrogens (tertiary/aromatic N) is 2. The monoisotopic (exact) mass is 183 g/mol. The molecule has 0 spiro atoms. The molecule has 0 rings (SSSR count). The number of nitrogens with one attached hydrogen (secondary N) is 1. The van der Waals surface area contributed by atoms with Crippen molar-refractivity contribution in [2.75, 3.05) is 7.05 Å². The number of aliphatic imine (C=N–C) groups is 2. The molecule has 1 atom stereocenters. The van der Waals surface area contributed by atoms with Crippen molar-refractivity contribution < 1.29 is 10.0 Å². The van der Waals surface area contributed by atoms with Crippen molar-refractivity contribution in [3.05, 3.63) is 6.08 Å². The van der Waals surface area contributed by atoms with E-state index in [4.69, 9.17) is 5.21 Å². The summed E-state index contributed by atoms with van der Waals surface area (Å²) in [7, 11) is 1.62. The Morgan fingerprint density at radius 2 is 2.31 bits per heavy atom. The smallest absolute Gasteiger partial charge is 0.250 e. The van der Waals surface area contributed by atoms with Crippen LogP contribution in [0.2, 0.25) is 0 Å². The van der Waals surface area contributed by atoms with E-state index < -0.39 is 11.8 Å². The number of carbonyl (C=O) groups excluding carboxylic acids is 1. The van der Waals surface area contributed by atoms with E-state index in [2.05, 4.69) is 15.9 Å². The van der Waals surface area contributed by atoms with Crippen LogP contribution in [0.15, 0.2) is 16.1 Å². The van der Waals surface area contributed by atoms with Gasteiger partial charge in [0.05, 0.1) is 5.92 Å². The number of carbonyl (C=O) groups is 1. The van der Waals surface area contributed by atoms with Crippen LogP contribution in [0.25, 0.3) is 0 Å². The SMILES string of the molecule is CN=C(C)N=C=CC(C)C(=O)NO. The lowest BCUT2D eigenvalue weighted by Gasteiger charge is -1.99. The Kier molecular flexibility index (Phi) is 5.43. The van der Waals surface area contributed by atoms with Gasteiger partial charge in [-0.15, -0.1) is 0 Å². The standard InChI is InChI=1S/C8H13N3O2/c1-6(8(12)11-13)4-5-10-7(2)9-3/h4,6,13H,1-3H3,(H,11,12). The van der Waals surface area contributed by atoms with E-state index in [1.54, 1.807) is 20.9 Å². The summed E-state index contributed by atoms with van der Waals surface area (Å²) in [5.41, 5.74) is 1.53. The predicted octanol–water partition coefficient (Wildman–Crippen LogP) is 0.402. The van der Waals surface area contributed by atoms with Crippen molar-refractivity contribution in [3.8, 4) is 0 Å². The molecule has 0 aliphatic rings. The molecule has 72 valence electrons. The highest BCUT2D eigenvalue weighted by Crippen LogP contribution is 1.92. The first kappa shape index (κ1) is 11.6. The molecule has 0 fully saturated rings. The minimum atomic E-state index is -0.492. The van der Waals surface area contributed by atoms with Crippen LogP contribution in [0.3, 0.4) is 0 Å². The van der Waals surface area contributed by atoms with Gasteiger partial charge in [0, 0.05) is 7.05 Å². The molecular weight excluding hydrogens is 170 g/mol. The van der Waals surface area contributed by atoms with Crippen molar-refractivity contribution in [1.82, 2.24) is 5.48 Å². The van der Waals surface area contributed by atoms with E-state index in [-0.39, 0.29) is 0 Å². The molecule has 0 saturated carbocycles. The van der Waals surface area contributed by atoms with Crippen LogP contribution in [0.4, 0.5) is 0 Å². The highest BCUT2D eigenvalue weighted by Gasteiger charge is 2.06. The fourth-order valence-corrected chi connectivity index (χ4v) is 0.470. The molecule has 0 saturated heterocycles. The number of rotatable bonds is 2. The largest absolute Gasteiger partial charge is 0.289 e. The number of amidine groups is 1. The second-order valence-electron chi connectivity index (χ2n) is 2.44. The van der Waals surface area contributed by atoms with Gasteiger partial charge in [0.25, 0.3) is 5.91 Å². The van der Waals surface area contributed by atoms with Gasteiger partial charge in [-0.1, -0.05) is 0 Å². The van der Waals surface area contributed by atoms with Crippen LogP contribution in [0.1, 0.15) is 13.8 Å². The molecule has 0 radical (unpaired) electrons. The summed E-state index contributed by atoms with van der Waals surface area (Å²) in [5.74, 6) is 2.17. The van der Waals surface area contributed by atoms with Gasteiger partial charge in [-0.2, -0.15) is 4.99 Å². The fraction of sp³-hybridized carbons (Fsp3) is 0.500. The van der Waals surface area contributed by atoms with Gasteiger partial charge >= 0.3 is 0 Å². The summed E-state index contributed by atoms with van der Waals surface area (Å²) in [5, 5.41) is 8.26. The third kappa shape index (κ3) is 4.90. The Labute approximate surface area is 76.9 Å². The summed E-state index contributed by atoms with van der Waals surface area (Å²) in [6.45, 7) is 3.34. The van der Waals surface area contributed by atoms with E-state index in [0.717, 1.165) is 0 Å². The number of hydrogen-bond acceptors (Lipinski definition) is 3. The summed E-state index contributed by atoms with van der Waals surface area (Å²) >= 11 is 0. The molecule has 0 aromatic rings. The molecule has 0 aromatic heterocycles. The van der Waals surface area contributed by atoms with E-state index in [1.807, 2.05) is 0 Å². The number of hydrogen-bond donors (Lipinski definition) is 2. The molecule has 0 heterocycles. The third-order valence-corrected chi connectivity index (χ3v) is 1.40. The Hall–Kier alpha value is -1.45. The van der Waals surface area contributed by atoms with Gasteiger partial charge in [0.1, 0.15) is 5.84 Å². The summed E-state index contributed by atoms with van der Waals surface area (Å²) in [6.07, 6.45) is 1.44. The molecule has 0 aliphatic heterocycles. The van der Waals surface area contributed by atoms with Crippen LogP contribution in [0, 0.1) is 5.92 Å². The van der Waals surface area contributed by atoms with Crippen LogP contribution in [-0.2, 0) is 4.79 Å². The third-order valence-electron chi connectivity index (χ3n) is 1.40. The molecule has 0 aliphatic carbocycles. The average molecular weight is 183 g/mol. The summed E-state index contributed by atoms with van der Waals surface area (Å²) < 4.78 is 0. The molecule has 1 unspecified atom stereocenters. The summed E-state index contributed by atoms with van der Waals surface area (Å²) in [4.78, 5) is 18.3. The quantitative estimate of drug-likeness (QED) is 0.281. The zero-order valence-corrected chi connectivity index (χ0v) is 7.90. The lowest BCUT2D eigenvalue weighted by atomic mass is 10.2. The first-order valence-corrected chi connectivity index (χ1v) is 3.78. The second kappa shape index (κ2) is 6.11. The number of hydroxylamine groups is 1. The molecule has 1 amide bonds. The molecule has 13 heavy (non-hydrogen) atoms. The Morgan fingerprint density at radius 1 is 1.69 bits per heavy atom.